The summed E-state index contributed by atoms with van der Waals surface area (Å²) in [4.78, 5) is 12.4. The summed E-state index contributed by atoms with van der Waals surface area (Å²) in [6, 6.07) is 2.39. The number of benzene rings is 1. The summed E-state index contributed by atoms with van der Waals surface area (Å²) in [5.74, 6) is -3.91. The molecule has 0 amide bonds. The van der Waals surface area contributed by atoms with Gasteiger partial charge in [0.1, 0.15) is 0 Å². The lowest BCUT2D eigenvalue weighted by Gasteiger charge is -2.28. The lowest BCUT2D eigenvalue weighted by atomic mass is 10.1. The summed E-state index contributed by atoms with van der Waals surface area (Å²) in [5, 5.41) is 8.74. The molecule has 1 aromatic rings. The Bertz CT molecular complexity index is 558. The van der Waals surface area contributed by atoms with Crippen LogP contribution in [0.4, 0.5) is 14.5 Å². The second-order valence-corrected chi connectivity index (χ2v) is 4.56. The van der Waals surface area contributed by atoms with Crippen LogP contribution in [0.15, 0.2) is 23.8 Å². The minimum atomic E-state index is -1.48. The number of methoxy groups -OCH3 is 1. The van der Waals surface area contributed by atoms with Crippen LogP contribution >= 0.6 is 0 Å². The van der Waals surface area contributed by atoms with Gasteiger partial charge >= 0.3 is 5.97 Å². The molecule has 0 aromatic heterocycles. The predicted octanol–water partition coefficient (Wildman–Crippen LogP) is 2.45. The van der Waals surface area contributed by atoms with Gasteiger partial charge < -0.3 is 14.7 Å². The van der Waals surface area contributed by atoms with Gasteiger partial charge in [0.25, 0.3) is 0 Å². The van der Waals surface area contributed by atoms with Gasteiger partial charge in [0.05, 0.1) is 17.9 Å². The van der Waals surface area contributed by atoms with E-state index in [9.17, 15) is 13.6 Å². The number of rotatable bonds is 4. The average Bonchev–Trinajstić information content (AvgIpc) is 2.43. The van der Waals surface area contributed by atoms with Crippen molar-refractivity contribution in [3.05, 3.63) is 41.0 Å². The van der Waals surface area contributed by atoms with Crippen molar-refractivity contribution in [1.82, 2.24) is 0 Å². The van der Waals surface area contributed by atoms with Crippen molar-refractivity contribution in [2.75, 3.05) is 31.7 Å². The average molecular weight is 283 g/mol. The molecule has 0 aliphatic carbocycles. The summed E-state index contributed by atoms with van der Waals surface area (Å²) in [6.45, 7) is 1.52. The fraction of sp³-hybridized carbons (Fsp3) is 0.357. The number of aromatic carboxylic acids is 1. The van der Waals surface area contributed by atoms with Crippen LogP contribution in [0.25, 0.3) is 0 Å². The Kier molecular flexibility index (Phi) is 4.34. The van der Waals surface area contributed by atoms with Gasteiger partial charge in [0.15, 0.2) is 11.6 Å². The van der Waals surface area contributed by atoms with Gasteiger partial charge in [-0.2, -0.15) is 0 Å². The lowest BCUT2D eigenvalue weighted by molar-refractivity contribution is 0.0690. The van der Waals surface area contributed by atoms with E-state index in [0.29, 0.717) is 26.1 Å². The Morgan fingerprint density at radius 3 is 2.70 bits per heavy atom. The van der Waals surface area contributed by atoms with Gasteiger partial charge in [-0.05, 0) is 24.1 Å². The van der Waals surface area contributed by atoms with E-state index in [0.717, 1.165) is 11.6 Å². The molecule has 0 fully saturated rings. The third-order valence-electron chi connectivity index (χ3n) is 3.27. The zero-order chi connectivity index (χ0) is 14.7. The molecular weight excluding hydrogens is 268 g/mol. The maximum Gasteiger partial charge on any atom is 0.338 e. The van der Waals surface area contributed by atoms with E-state index in [2.05, 4.69) is 0 Å². The second kappa shape index (κ2) is 6.00. The summed E-state index contributed by atoms with van der Waals surface area (Å²) < 4.78 is 32.6. The van der Waals surface area contributed by atoms with Crippen molar-refractivity contribution in [2.45, 2.75) is 6.42 Å². The molecule has 0 radical (unpaired) electrons. The molecule has 4 nitrogen and oxygen atoms in total. The highest BCUT2D eigenvalue weighted by atomic mass is 19.2. The van der Waals surface area contributed by atoms with Gasteiger partial charge in [0.2, 0.25) is 0 Å². The number of anilines is 1. The number of carboxylic acid groups (broad SMARTS) is 1. The highest BCUT2D eigenvalue weighted by molar-refractivity contribution is 5.88. The monoisotopic (exact) mass is 283 g/mol. The minimum absolute atomic E-state index is 0.0835. The summed E-state index contributed by atoms with van der Waals surface area (Å²) in [5.41, 5.74) is 0.547. The fourth-order valence-corrected chi connectivity index (χ4v) is 2.20. The van der Waals surface area contributed by atoms with Gasteiger partial charge in [-0.3, -0.25) is 0 Å². The Balaban J connectivity index is 2.23. The molecule has 1 aliphatic heterocycles. The van der Waals surface area contributed by atoms with Crippen molar-refractivity contribution >= 4 is 11.7 Å². The van der Waals surface area contributed by atoms with Gasteiger partial charge in [0, 0.05) is 20.2 Å². The van der Waals surface area contributed by atoms with Crippen molar-refractivity contribution in [1.29, 1.82) is 0 Å². The van der Waals surface area contributed by atoms with Gasteiger partial charge in [-0.25, -0.2) is 13.6 Å². The number of carboxylic acids is 1. The largest absolute Gasteiger partial charge is 0.478 e. The van der Waals surface area contributed by atoms with Gasteiger partial charge in [-0.15, -0.1) is 0 Å². The van der Waals surface area contributed by atoms with E-state index in [1.807, 2.05) is 6.08 Å². The predicted molar refractivity (Wildman–Crippen MR) is 70.1 cm³/mol. The number of nitrogens with zero attached hydrogens (tertiary/aromatic N) is 1. The molecule has 0 bridgehead atoms. The SMILES string of the molecule is COCC1=CCN(c2ccc(C(=O)O)c(F)c2F)CC1. The molecule has 1 aliphatic rings. The highest BCUT2D eigenvalue weighted by Gasteiger charge is 2.22. The van der Waals surface area contributed by atoms with E-state index in [4.69, 9.17) is 9.84 Å². The summed E-state index contributed by atoms with van der Waals surface area (Å²) >= 11 is 0. The molecule has 6 heteroatoms. The maximum atomic E-state index is 13.9. The first-order valence-corrected chi connectivity index (χ1v) is 6.17. The second-order valence-electron chi connectivity index (χ2n) is 4.56. The molecular formula is C14H15F2NO3. The van der Waals surface area contributed by atoms with E-state index in [-0.39, 0.29) is 5.69 Å². The molecule has 108 valence electrons. The van der Waals surface area contributed by atoms with E-state index >= 15 is 0 Å². The van der Waals surface area contributed by atoms with E-state index in [1.165, 1.54) is 6.07 Å². The van der Waals surface area contributed by atoms with Crippen LogP contribution in [-0.2, 0) is 4.74 Å². The van der Waals surface area contributed by atoms with Crippen LogP contribution in [0.2, 0.25) is 0 Å². The minimum Gasteiger partial charge on any atom is -0.478 e. The summed E-state index contributed by atoms with van der Waals surface area (Å²) in [6.07, 6.45) is 2.62. The van der Waals surface area contributed by atoms with Crippen molar-refractivity contribution in [3.8, 4) is 0 Å². The Morgan fingerprint density at radius 2 is 2.15 bits per heavy atom. The zero-order valence-corrected chi connectivity index (χ0v) is 11.0. The first-order chi connectivity index (χ1) is 9.54. The number of carbonyl (C=O) groups is 1. The molecule has 0 saturated carbocycles. The molecule has 1 heterocycles. The van der Waals surface area contributed by atoms with Crippen LogP contribution in [0.1, 0.15) is 16.8 Å². The first kappa shape index (κ1) is 14.5. The topological polar surface area (TPSA) is 49.8 Å². The fourth-order valence-electron chi connectivity index (χ4n) is 2.20. The number of halogens is 2. The quantitative estimate of drug-likeness (QED) is 0.862. The van der Waals surface area contributed by atoms with Crippen LogP contribution in [0, 0.1) is 11.6 Å². The molecule has 0 unspecified atom stereocenters. The smallest absolute Gasteiger partial charge is 0.338 e. The van der Waals surface area contributed by atoms with Crippen LogP contribution in [0.5, 0.6) is 0 Å². The van der Waals surface area contributed by atoms with Crippen LogP contribution in [-0.4, -0.2) is 37.9 Å². The molecule has 1 aromatic carbocycles. The third kappa shape index (κ3) is 2.80. The van der Waals surface area contributed by atoms with E-state index < -0.39 is 23.2 Å². The molecule has 0 spiro atoms. The lowest BCUT2D eigenvalue weighted by Crippen LogP contribution is -2.30. The number of hydrogen-bond acceptors (Lipinski definition) is 3. The highest BCUT2D eigenvalue weighted by Crippen LogP contribution is 2.26. The molecule has 0 atom stereocenters. The van der Waals surface area contributed by atoms with Crippen molar-refractivity contribution in [2.24, 2.45) is 0 Å². The number of ether oxygens (including phenoxy) is 1. The zero-order valence-electron chi connectivity index (χ0n) is 11.0. The third-order valence-corrected chi connectivity index (χ3v) is 3.27. The molecule has 1 N–H and O–H groups in total. The van der Waals surface area contributed by atoms with E-state index in [1.54, 1.807) is 12.0 Å². The molecule has 20 heavy (non-hydrogen) atoms. The van der Waals surface area contributed by atoms with Crippen molar-refractivity contribution in [3.63, 3.8) is 0 Å². The van der Waals surface area contributed by atoms with Crippen LogP contribution < -0.4 is 4.90 Å². The first-order valence-electron chi connectivity index (χ1n) is 6.17. The Morgan fingerprint density at radius 1 is 1.40 bits per heavy atom. The van der Waals surface area contributed by atoms with Crippen molar-refractivity contribution < 1.29 is 23.4 Å². The summed E-state index contributed by atoms with van der Waals surface area (Å²) in [7, 11) is 1.60. The standard InChI is InChI=1S/C14H15F2NO3/c1-20-8-9-4-6-17(7-5-9)11-3-2-10(14(18)19)12(15)13(11)16/h2-4H,5-8H2,1H3,(H,18,19). The Hall–Kier alpha value is -1.95. The van der Waals surface area contributed by atoms with Crippen LogP contribution in [0.3, 0.4) is 0 Å². The molecule has 0 saturated heterocycles. The normalized spacial score (nSPS) is 15.2. The van der Waals surface area contributed by atoms with Gasteiger partial charge in [-0.1, -0.05) is 6.08 Å². The maximum absolute atomic E-state index is 13.9. The molecule has 2 rings (SSSR count). The Labute approximate surface area is 115 Å². The number of hydrogen-bond donors (Lipinski definition) is 1.